The Morgan fingerprint density at radius 3 is 2.24 bits per heavy atom. The van der Waals surface area contributed by atoms with Gasteiger partial charge in [0.25, 0.3) is 0 Å². The van der Waals surface area contributed by atoms with Crippen molar-refractivity contribution in [3.63, 3.8) is 0 Å². The van der Waals surface area contributed by atoms with Crippen LogP contribution in [-0.4, -0.2) is 27.9 Å². The van der Waals surface area contributed by atoms with E-state index in [0.29, 0.717) is 17.2 Å². The van der Waals surface area contributed by atoms with Crippen LogP contribution < -0.4 is 19.5 Å². The zero-order valence-electron chi connectivity index (χ0n) is 13.9. The fraction of sp³-hybridized carbons (Fsp3) is 0.529. The highest BCUT2D eigenvalue weighted by molar-refractivity contribution is 5.57. The third-order valence-electron chi connectivity index (χ3n) is 3.18. The second kappa shape index (κ2) is 8.57. The van der Waals surface area contributed by atoms with Gasteiger partial charge >= 0.3 is 0 Å². The van der Waals surface area contributed by atoms with Crippen molar-refractivity contribution in [2.45, 2.75) is 33.2 Å². The van der Waals surface area contributed by atoms with Crippen molar-refractivity contribution in [2.24, 2.45) is 0 Å². The van der Waals surface area contributed by atoms with E-state index in [1.165, 1.54) is 5.57 Å². The minimum atomic E-state index is 0.0877. The summed E-state index contributed by atoms with van der Waals surface area (Å²) >= 11 is 0. The first-order valence-corrected chi connectivity index (χ1v) is 7.26. The van der Waals surface area contributed by atoms with E-state index >= 15 is 0 Å². The summed E-state index contributed by atoms with van der Waals surface area (Å²) in [6.45, 7) is 7.27. The van der Waals surface area contributed by atoms with Crippen molar-refractivity contribution < 1.29 is 14.2 Å². The van der Waals surface area contributed by atoms with Gasteiger partial charge in [0.15, 0.2) is 11.5 Å². The third kappa shape index (κ3) is 4.39. The Balaban J connectivity index is 3.32. The van der Waals surface area contributed by atoms with Crippen LogP contribution in [0.3, 0.4) is 0 Å². The van der Waals surface area contributed by atoms with Gasteiger partial charge in [0, 0.05) is 5.56 Å². The Kier molecular flexibility index (Phi) is 7.09. The molecule has 21 heavy (non-hydrogen) atoms. The average molecular weight is 293 g/mol. The second-order valence-electron chi connectivity index (χ2n) is 5.10. The molecule has 1 unspecified atom stereocenters. The Bertz CT molecular complexity index is 479. The molecule has 1 aromatic rings. The predicted molar refractivity (Wildman–Crippen MR) is 86.6 cm³/mol. The minimum absolute atomic E-state index is 0.0877. The van der Waals surface area contributed by atoms with Crippen molar-refractivity contribution in [1.29, 1.82) is 0 Å². The highest BCUT2D eigenvalue weighted by Gasteiger charge is 2.20. The monoisotopic (exact) mass is 293 g/mol. The number of allylic oxidation sites excluding steroid dienone is 1. The number of benzene rings is 1. The van der Waals surface area contributed by atoms with E-state index in [1.807, 2.05) is 12.1 Å². The van der Waals surface area contributed by atoms with Gasteiger partial charge in [-0.25, -0.2) is 0 Å². The molecule has 1 aromatic carbocycles. The predicted octanol–water partition coefficient (Wildman–Crippen LogP) is 3.72. The molecule has 1 N–H and O–H groups in total. The van der Waals surface area contributed by atoms with Gasteiger partial charge in [-0.3, -0.25) is 0 Å². The third-order valence-corrected chi connectivity index (χ3v) is 3.18. The van der Waals surface area contributed by atoms with Crippen LogP contribution in [0, 0.1) is 0 Å². The molecule has 0 radical (unpaired) electrons. The Morgan fingerprint density at radius 2 is 1.76 bits per heavy atom. The first-order valence-electron chi connectivity index (χ1n) is 7.26. The standard InChI is InChI=1S/C17H27NO3/c1-7-10-18-14(11-12(2)3)13-8-9-15(19-4)17(21-6)16(13)20-5/h8-9,11,14,18H,7,10H2,1-6H3. The topological polar surface area (TPSA) is 39.7 Å². The molecule has 4 nitrogen and oxygen atoms in total. The zero-order chi connectivity index (χ0) is 15.8. The Labute approximate surface area is 128 Å². The van der Waals surface area contributed by atoms with Crippen molar-refractivity contribution in [1.82, 2.24) is 5.32 Å². The lowest BCUT2D eigenvalue weighted by molar-refractivity contribution is 0.320. The summed E-state index contributed by atoms with van der Waals surface area (Å²) < 4.78 is 16.4. The molecular formula is C17H27NO3. The molecule has 0 amide bonds. The lowest BCUT2D eigenvalue weighted by Gasteiger charge is -2.21. The average Bonchev–Trinajstić information content (AvgIpc) is 2.49. The van der Waals surface area contributed by atoms with Crippen LogP contribution >= 0.6 is 0 Å². The molecule has 0 spiro atoms. The molecule has 0 aliphatic carbocycles. The summed E-state index contributed by atoms with van der Waals surface area (Å²) in [5, 5.41) is 3.53. The molecule has 0 saturated carbocycles. The van der Waals surface area contributed by atoms with Gasteiger partial charge in [0.1, 0.15) is 0 Å². The number of hydrogen-bond acceptors (Lipinski definition) is 4. The molecule has 0 bridgehead atoms. The van der Waals surface area contributed by atoms with Gasteiger partial charge < -0.3 is 19.5 Å². The van der Waals surface area contributed by atoms with Gasteiger partial charge in [-0.1, -0.05) is 18.6 Å². The van der Waals surface area contributed by atoms with Crippen LogP contribution in [0.1, 0.15) is 38.8 Å². The first-order chi connectivity index (χ1) is 10.1. The summed E-state index contributed by atoms with van der Waals surface area (Å²) in [5.74, 6) is 2.01. The Hall–Kier alpha value is -1.68. The maximum Gasteiger partial charge on any atom is 0.203 e. The summed E-state index contributed by atoms with van der Waals surface area (Å²) in [7, 11) is 4.90. The van der Waals surface area contributed by atoms with Crippen molar-refractivity contribution in [3.8, 4) is 17.2 Å². The number of nitrogens with one attached hydrogen (secondary N) is 1. The number of rotatable bonds is 8. The van der Waals surface area contributed by atoms with Crippen LogP contribution in [0.2, 0.25) is 0 Å². The maximum atomic E-state index is 5.58. The lowest BCUT2D eigenvalue weighted by Crippen LogP contribution is -2.21. The Morgan fingerprint density at radius 1 is 1.10 bits per heavy atom. The summed E-state index contributed by atoms with van der Waals surface area (Å²) in [5.41, 5.74) is 2.30. The molecule has 0 aromatic heterocycles. The smallest absolute Gasteiger partial charge is 0.203 e. The van der Waals surface area contributed by atoms with Crippen LogP contribution in [-0.2, 0) is 0 Å². The molecule has 0 fully saturated rings. The van der Waals surface area contributed by atoms with Crippen molar-refractivity contribution >= 4 is 0 Å². The normalized spacial score (nSPS) is 11.7. The van der Waals surface area contributed by atoms with Gasteiger partial charge in [-0.15, -0.1) is 0 Å². The molecule has 1 atom stereocenters. The summed E-state index contributed by atoms with van der Waals surface area (Å²) in [4.78, 5) is 0. The molecule has 0 saturated heterocycles. The van der Waals surface area contributed by atoms with E-state index in [0.717, 1.165) is 18.5 Å². The molecule has 118 valence electrons. The zero-order valence-corrected chi connectivity index (χ0v) is 13.9. The van der Waals surface area contributed by atoms with E-state index in [-0.39, 0.29) is 6.04 Å². The number of methoxy groups -OCH3 is 3. The fourth-order valence-electron chi connectivity index (χ4n) is 2.26. The molecule has 0 aliphatic heterocycles. The molecule has 1 rings (SSSR count). The summed E-state index contributed by atoms with van der Waals surface area (Å²) in [6, 6.07) is 4.02. The fourth-order valence-corrected chi connectivity index (χ4v) is 2.26. The first kappa shape index (κ1) is 17.4. The molecule has 4 heteroatoms. The van der Waals surface area contributed by atoms with Crippen LogP contribution in [0.4, 0.5) is 0 Å². The quantitative estimate of drug-likeness (QED) is 0.742. The van der Waals surface area contributed by atoms with E-state index in [2.05, 4.69) is 32.2 Å². The van der Waals surface area contributed by atoms with Crippen LogP contribution in [0.5, 0.6) is 17.2 Å². The van der Waals surface area contributed by atoms with E-state index < -0.39 is 0 Å². The van der Waals surface area contributed by atoms with Gasteiger partial charge in [0.2, 0.25) is 5.75 Å². The SMILES string of the molecule is CCCNC(C=C(C)C)c1ccc(OC)c(OC)c1OC. The molecule has 0 heterocycles. The highest BCUT2D eigenvalue weighted by Crippen LogP contribution is 2.42. The van der Waals surface area contributed by atoms with Gasteiger partial charge in [-0.05, 0) is 38.9 Å². The van der Waals surface area contributed by atoms with Crippen LogP contribution in [0.25, 0.3) is 0 Å². The largest absolute Gasteiger partial charge is 0.493 e. The summed E-state index contributed by atoms with van der Waals surface area (Å²) in [6.07, 6.45) is 3.27. The van der Waals surface area contributed by atoms with Gasteiger partial charge in [0.05, 0.1) is 27.4 Å². The van der Waals surface area contributed by atoms with Crippen molar-refractivity contribution in [3.05, 3.63) is 29.3 Å². The lowest BCUT2D eigenvalue weighted by atomic mass is 10.0. The highest BCUT2D eigenvalue weighted by atomic mass is 16.5. The van der Waals surface area contributed by atoms with E-state index in [1.54, 1.807) is 21.3 Å². The second-order valence-corrected chi connectivity index (χ2v) is 5.10. The molecule has 0 aliphatic rings. The number of ether oxygens (including phenoxy) is 3. The van der Waals surface area contributed by atoms with E-state index in [9.17, 15) is 0 Å². The maximum absolute atomic E-state index is 5.58. The minimum Gasteiger partial charge on any atom is -0.493 e. The molecular weight excluding hydrogens is 266 g/mol. The van der Waals surface area contributed by atoms with Crippen LogP contribution in [0.15, 0.2) is 23.8 Å². The van der Waals surface area contributed by atoms with Gasteiger partial charge in [-0.2, -0.15) is 0 Å². The number of hydrogen-bond donors (Lipinski definition) is 1. The van der Waals surface area contributed by atoms with Crippen molar-refractivity contribution in [2.75, 3.05) is 27.9 Å². The van der Waals surface area contributed by atoms with E-state index in [4.69, 9.17) is 14.2 Å².